The predicted molar refractivity (Wildman–Crippen MR) is 82.8 cm³/mol. The van der Waals surface area contributed by atoms with Gasteiger partial charge in [0, 0.05) is 39.3 Å². The molecule has 0 aliphatic carbocycles. The maximum absolute atomic E-state index is 11.1. The molecule has 0 unspecified atom stereocenters. The summed E-state index contributed by atoms with van der Waals surface area (Å²) in [5.74, 6) is 0. The van der Waals surface area contributed by atoms with E-state index in [1.807, 2.05) is 18.0 Å². The Hall–Kier alpha value is -1.66. The number of nitro groups is 1. The lowest BCUT2D eigenvalue weighted by atomic mass is 10.2. The fraction of sp³-hybridized carbons (Fsp3) is 0.600. The summed E-state index contributed by atoms with van der Waals surface area (Å²) in [4.78, 5) is 15.0. The molecule has 0 aromatic heterocycles. The highest BCUT2D eigenvalue weighted by atomic mass is 16.6. The van der Waals surface area contributed by atoms with E-state index < -0.39 is 0 Å². The molecule has 0 radical (unpaired) electrons. The zero-order valence-electron chi connectivity index (χ0n) is 12.9. The van der Waals surface area contributed by atoms with Crippen molar-refractivity contribution in [2.75, 3.05) is 38.1 Å². The molecule has 0 N–H and O–H groups in total. The molecule has 0 spiro atoms. The molecular formula is C15H23N3O3. The molecule has 0 bridgehead atoms. The number of para-hydroxylation sites is 2. The van der Waals surface area contributed by atoms with Crippen LogP contribution in [0.4, 0.5) is 11.4 Å². The third kappa shape index (κ3) is 4.15. The first kappa shape index (κ1) is 15.7. The van der Waals surface area contributed by atoms with E-state index in [1.165, 1.54) is 0 Å². The quantitative estimate of drug-likeness (QED) is 0.615. The SMILES string of the molecule is C[C@@H]1CN(CCN(C)c2ccccc2[N+](=O)[O-])C[C@H](C)O1. The highest BCUT2D eigenvalue weighted by Crippen LogP contribution is 2.26. The Labute approximate surface area is 125 Å². The average molecular weight is 293 g/mol. The first-order chi connectivity index (χ1) is 9.97. The molecule has 21 heavy (non-hydrogen) atoms. The molecule has 1 fully saturated rings. The van der Waals surface area contributed by atoms with Crippen LogP contribution in [-0.2, 0) is 4.74 Å². The molecule has 2 atom stereocenters. The molecule has 0 saturated carbocycles. The van der Waals surface area contributed by atoms with Crippen LogP contribution in [0.5, 0.6) is 0 Å². The van der Waals surface area contributed by atoms with Crippen LogP contribution in [0.25, 0.3) is 0 Å². The number of rotatable bonds is 5. The normalized spacial score (nSPS) is 23.0. The van der Waals surface area contributed by atoms with Crippen LogP contribution in [0.1, 0.15) is 13.8 Å². The van der Waals surface area contributed by atoms with Crippen LogP contribution >= 0.6 is 0 Å². The smallest absolute Gasteiger partial charge is 0.292 e. The van der Waals surface area contributed by atoms with Gasteiger partial charge in [0.05, 0.1) is 17.1 Å². The number of likely N-dealkylation sites (N-methyl/N-ethyl adjacent to an activating group) is 1. The average Bonchev–Trinajstić information content (AvgIpc) is 2.43. The molecule has 1 aromatic carbocycles. The third-order valence-corrected chi connectivity index (χ3v) is 3.74. The number of hydrogen-bond donors (Lipinski definition) is 0. The van der Waals surface area contributed by atoms with E-state index in [4.69, 9.17) is 4.74 Å². The van der Waals surface area contributed by atoms with Crippen molar-refractivity contribution in [3.63, 3.8) is 0 Å². The molecule has 6 nitrogen and oxygen atoms in total. The minimum absolute atomic E-state index is 0.156. The largest absolute Gasteiger partial charge is 0.373 e. The Morgan fingerprint density at radius 3 is 2.57 bits per heavy atom. The van der Waals surface area contributed by atoms with Gasteiger partial charge in [-0.05, 0) is 19.9 Å². The Kier molecular flexibility index (Phi) is 5.14. The zero-order valence-corrected chi connectivity index (χ0v) is 12.9. The van der Waals surface area contributed by atoms with Crippen LogP contribution in [0.2, 0.25) is 0 Å². The van der Waals surface area contributed by atoms with Gasteiger partial charge >= 0.3 is 0 Å². The molecule has 1 aliphatic heterocycles. The molecule has 0 amide bonds. The summed E-state index contributed by atoms with van der Waals surface area (Å²) in [6, 6.07) is 6.87. The summed E-state index contributed by atoms with van der Waals surface area (Å²) in [7, 11) is 1.90. The molecular weight excluding hydrogens is 270 g/mol. The number of morpholine rings is 1. The summed E-state index contributed by atoms with van der Waals surface area (Å²) in [6.07, 6.45) is 0.482. The van der Waals surface area contributed by atoms with Gasteiger partial charge in [-0.25, -0.2) is 0 Å². The number of nitrogens with zero attached hydrogens (tertiary/aromatic N) is 3. The maximum Gasteiger partial charge on any atom is 0.292 e. The number of benzene rings is 1. The van der Waals surface area contributed by atoms with Crippen molar-refractivity contribution in [3.8, 4) is 0 Å². The number of nitro benzene ring substituents is 1. The monoisotopic (exact) mass is 293 g/mol. The van der Waals surface area contributed by atoms with Gasteiger partial charge in [0.15, 0.2) is 0 Å². The van der Waals surface area contributed by atoms with E-state index in [1.54, 1.807) is 18.2 Å². The molecule has 1 aromatic rings. The Morgan fingerprint density at radius 2 is 1.95 bits per heavy atom. The molecule has 1 heterocycles. The second-order valence-corrected chi connectivity index (χ2v) is 5.68. The lowest BCUT2D eigenvalue weighted by Crippen LogP contribution is -2.47. The van der Waals surface area contributed by atoms with Crippen LogP contribution in [-0.4, -0.2) is 55.3 Å². The van der Waals surface area contributed by atoms with E-state index >= 15 is 0 Å². The standard InChI is InChI=1S/C15H23N3O3/c1-12-10-17(11-13(2)21-12)9-8-16(3)14-6-4-5-7-15(14)18(19)20/h4-7,12-13H,8-11H2,1-3H3/t12-,13+. The van der Waals surface area contributed by atoms with E-state index in [-0.39, 0.29) is 22.8 Å². The molecule has 6 heteroatoms. The van der Waals surface area contributed by atoms with Gasteiger partial charge in [-0.15, -0.1) is 0 Å². The van der Waals surface area contributed by atoms with Crippen molar-refractivity contribution in [3.05, 3.63) is 34.4 Å². The fourth-order valence-corrected chi connectivity index (χ4v) is 2.82. The zero-order chi connectivity index (χ0) is 15.4. The summed E-state index contributed by atoms with van der Waals surface area (Å²) >= 11 is 0. The van der Waals surface area contributed by atoms with E-state index in [9.17, 15) is 10.1 Å². The van der Waals surface area contributed by atoms with Gasteiger partial charge in [0.2, 0.25) is 0 Å². The molecule has 2 rings (SSSR count). The lowest BCUT2D eigenvalue weighted by molar-refractivity contribution is -0.384. The van der Waals surface area contributed by atoms with E-state index in [2.05, 4.69) is 18.7 Å². The van der Waals surface area contributed by atoms with Crippen LogP contribution < -0.4 is 4.90 Å². The van der Waals surface area contributed by atoms with Crippen molar-refractivity contribution in [2.24, 2.45) is 0 Å². The minimum Gasteiger partial charge on any atom is -0.373 e. The van der Waals surface area contributed by atoms with Crippen molar-refractivity contribution in [1.29, 1.82) is 0 Å². The van der Waals surface area contributed by atoms with Gasteiger partial charge in [-0.1, -0.05) is 12.1 Å². The second-order valence-electron chi connectivity index (χ2n) is 5.68. The fourth-order valence-electron chi connectivity index (χ4n) is 2.82. The first-order valence-corrected chi connectivity index (χ1v) is 7.29. The molecule has 116 valence electrons. The predicted octanol–water partition coefficient (Wildman–Crippen LogP) is 2.14. The number of anilines is 1. The Bertz CT molecular complexity index is 485. The van der Waals surface area contributed by atoms with Crippen molar-refractivity contribution >= 4 is 11.4 Å². The van der Waals surface area contributed by atoms with Crippen molar-refractivity contribution in [2.45, 2.75) is 26.1 Å². The molecule has 1 aliphatic rings. The lowest BCUT2D eigenvalue weighted by Gasteiger charge is -2.36. The maximum atomic E-state index is 11.1. The highest BCUT2D eigenvalue weighted by Gasteiger charge is 2.23. The number of ether oxygens (including phenoxy) is 1. The van der Waals surface area contributed by atoms with E-state index in [0.717, 1.165) is 26.2 Å². The van der Waals surface area contributed by atoms with E-state index in [0.29, 0.717) is 5.69 Å². The molecule has 1 saturated heterocycles. The van der Waals surface area contributed by atoms with Crippen LogP contribution in [0.15, 0.2) is 24.3 Å². The van der Waals surface area contributed by atoms with Gasteiger partial charge < -0.3 is 9.64 Å². The highest BCUT2D eigenvalue weighted by molar-refractivity contribution is 5.62. The van der Waals surface area contributed by atoms with Crippen molar-refractivity contribution in [1.82, 2.24) is 4.90 Å². The third-order valence-electron chi connectivity index (χ3n) is 3.74. The van der Waals surface area contributed by atoms with Gasteiger partial charge in [-0.2, -0.15) is 0 Å². The summed E-state index contributed by atoms with van der Waals surface area (Å²) < 4.78 is 5.71. The van der Waals surface area contributed by atoms with Gasteiger partial charge in [-0.3, -0.25) is 15.0 Å². The Morgan fingerprint density at radius 1 is 1.33 bits per heavy atom. The summed E-state index contributed by atoms with van der Waals surface area (Å²) in [5.41, 5.74) is 0.820. The summed E-state index contributed by atoms with van der Waals surface area (Å²) in [6.45, 7) is 7.61. The first-order valence-electron chi connectivity index (χ1n) is 7.29. The van der Waals surface area contributed by atoms with Gasteiger partial charge in [0.25, 0.3) is 5.69 Å². The van der Waals surface area contributed by atoms with Crippen LogP contribution in [0.3, 0.4) is 0 Å². The topological polar surface area (TPSA) is 58.9 Å². The number of hydrogen-bond acceptors (Lipinski definition) is 5. The van der Waals surface area contributed by atoms with Gasteiger partial charge in [0.1, 0.15) is 5.69 Å². The minimum atomic E-state index is -0.329. The summed E-state index contributed by atoms with van der Waals surface area (Å²) in [5, 5.41) is 11.1. The second kappa shape index (κ2) is 6.87. The van der Waals surface area contributed by atoms with Crippen LogP contribution in [0, 0.1) is 10.1 Å². The van der Waals surface area contributed by atoms with Crippen molar-refractivity contribution < 1.29 is 9.66 Å². The Balaban J connectivity index is 1.96.